The second-order valence-electron chi connectivity index (χ2n) is 7.89. The molecule has 0 atom stereocenters. The van der Waals surface area contributed by atoms with Gasteiger partial charge in [0.05, 0.1) is 13.2 Å². The molecule has 1 saturated heterocycles. The highest BCUT2D eigenvalue weighted by Gasteiger charge is 2.20. The molecule has 0 saturated carbocycles. The molecule has 2 heterocycles. The maximum Gasteiger partial charge on any atom is 0.238 e. The Hall–Kier alpha value is -2.37. The monoisotopic (exact) mass is 379 g/mol. The van der Waals surface area contributed by atoms with Crippen LogP contribution in [0, 0.1) is 13.8 Å². The molecule has 0 aliphatic carbocycles. The van der Waals surface area contributed by atoms with Gasteiger partial charge in [-0.15, -0.1) is 0 Å². The van der Waals surface area contributed by atoms with E-state index in [1.54, 1.807) is 0 Å². The van der Waals surface area contributed by atoms with Crippen molar-refractivity contribution in [2.75, 3.05) is 44.6 Å². The Balaban J connectivity index is 1.25. The lowest BCUT2D eigenvalue weighted by Gasteiger charge is -2.34. The summed E-state index contributed by atoms with van der Waals surface area (Å²) in [6.07, 6.45) is 1.02. The zero-order chi connectivity index (χ0) is 19.5. The number of ether oxygens (including phenoxy) is 1. The van der Waals surface area contributed by atoms with Crippen LogP contribution in [0.4, 0.5) is 5.69 Å². The molecule has 1 N–H and O–H groups in total. The molecule has 0 unspecified atom stereocenters. The van der Waals surface area contributed by atoms with E-state index in [0.717, 1.165) is 62.8 Å². The van der Waals surface area contributed by atoms with Crippen molar-refractivity contribution in [2.45, 2.75) is 26.8 Å². The average Bonchev–Trinajstić information content (AvgIpc) is 3.15. The predicted octanol–water partition coefficient (Wildman–Crippen LogP) is 2.99. The lowest BCUT2D eigenvalue weighted by Crippen LogP contribution is -2.48. The zero-order valence-corrected chi connectivity index (χ0v) is 16.8. The van der Waals surface area contributed by atoms with Gasteiger partial charge in [-0.25, -0.2) is 0 Å². The summed E-state index contributed by atoms with van der Waals surface area (Å²) in [4.78, 5) is 17.2. The van der Waals surface area contributed by atoms with E-state index in [1.165, 1.54) is 16.7 Å². The molecule has 1 amide bonds. The molecule has 2 aromatic carbocycles. The van der Waals surface area contributed by atoms with Gasteiger partial charge in [-0.3, -0.25) is 14.6 Å². The van der Waals surface area contributed by atoms with Crippen molar-refractivity contribution in [3.8, 4) is 5.75 Å². The molecule has 0 bridgehead atoms. The molecule has 5 nitrogen and oxygen atoms in total. The average molecular weight is 380 g/mol. The van der Waals surface area contributed by atoms with Gasteiger partial charge in [-0.1, -0.05) is 24.3 Å². The van der Waals surface area contributed by atoms with Crippen LogP contribution in [-0.4, -0.2) is 55.0 Å². The molecule has 4 rings (SSSR count). The number of rotatable bonds is 5. The third kappa shape index (κ3) is 4.37. The number of hydrogen-bond donors (Lipinski definition) is 1. The minimum absolute atomic E-state index is 0.0702. The summed E-state index contributed by atoms with van der Waals surface area (Å²) < 4.78 is 5.59. The molecule has 2 aliphatic rings. The fraction of sp³-hybridized carbons (Fsp3) is 0.435. The van der Waals surface area contributed by atoms with Gasteiger partial charge in [0.2, 0.25) is 5.91 Å². The van der Waals surface area contributed by atoms with Crippen LogP contribution in [0.3, 0.4) is 0 Å². The molecular formula is C23H29N3O2. The Morgan fingerprint density at radius 2 is 1.86 bits per heavy atom. The standard InChI is InChI=1S/C23H29N3O2/c1-17-4-3-5-21(18(17)2)24-23(27)16-26-11-9-25(10-12-26)15-19-6-7-22-20(14-19)8-13-28-22/h3-7,14H,8-13,15-16H2,1-2H3,(H,24,27). The van der Waals surface area contributed by atoms with Crippen LogP contribution in [0.1, 0.15) is 22.3 Å². The van der Waals surface area contributed by atoms with Gasteiger partial charge >= 0.3 is 0 Å². The van der Waals surface area contributed by atoms with Crippen LogP contribution in [0.5, 0.6) is 5.75 Å². The molecule has 148 valence electrons. The maximum atomic E-state index is 12.4. The van der Waals surface area contributed by atoms with Crippen LogP contribution in [0.15, 0.2) is 36.4 Å². The number of anilines is 1. The highest BCUT2D eigenvalue weighted by molar-refractivity contribution is 5.93. The molecule has 2 aromatic rings. The fourth-order valence-electron chi connectivity index (χ4n) is 3.98. The van der Waals surface area contributed by atoms with Crippen LogP contribution >= 0.6 is 0 Å². The lowest BCUT2D eigenvalue weighted by atomic mass is 10.1. The Morgan fingerprint density at radius 3 is 2.68 bits per heavy atom. The first kappa shape index (κ1) is 19.0. The predicted molar refractivity (Wildman–Crippen MR) is 112 cm³/mol. The quantitative estimate of drug-likeness (QED) is 0.868. The normalized spacial score (nSPS) is 17.2. The van der Waals surface area contributed by atoms with Gasteiger partial charge in [0.25, 0.3) is 0 Å². The highest BCUT2D eigenvalue weighted by Crippen LogP contribution is 2.26. The van der Waals surface area contributed by atoms with Gasteiger partial charge in [-0.05, 0) is 48.2 Å². The van der Waals surface area contributed by atoms with Gasteiger partial charge < -0.3 is 10.1 Å². The molecule has 28 heavy (non-hydrogen) atoms. The first-order chi connectivity index (χ1) is 13.6. The molecular weight excluding hydrogens is 350 g/mol. The summed E-state index contributed by atoms with van der Waals surface area (Å²) >= 11 is 0. The Morgan fingerprint density at radius 1 is 1.07 bits per heavy atom. The molecule has 5 heteroatoms. The zero-order valence-electron chi connectivity index (χ0n) is 16.8. The van der Waals surface area contributed by atoms with Crippen molar-refractivity contribution in [1.29, 1.82) is 0 Å². The molecule has 2 aliphatic heterocycles. The van der Waals surface area contributed by atoms with E-state index in [4.69, 9.17) is 4.74 Å². The number of amides is 1. The summed E-state index contributed by atoms with van der Waals surface area (Å²) in [6.45, 7) is 10.2. The van der Waals surface area contributed by atoms with Crippen LogP contribution in [-0.2, 0) is 17.8 Å². The molecule has 0 radical (unpaired) electrons. The van der Waals surface area contributed by atoms with Crippen LogP contribution in [0.2, 0.25) is 0 Å². The van der Waals surface area contributed by atoms with Crippen molar-refractivity contribution >= 4 is 11.6 Å². The molecule has 0 spiro atoms. The second-order valence-corrected chi connectivity index (χ2v) is 7.89. The van der Waals surface area contributed by atoms with Crippen LogP contribution in [0.25, 0.3) is 0 Å². The van der Waals surface area contributed by atoms with Gasteiger partial charge in [0.1, 0.15) is 5.75 Å². The third-order valence-corrected chi connectivity index (χ3v) is 5.87. The lowest BCUT2D eigenvalue weighted by molar-refractivity contribution is -0.117. The number of hydrogen-bond acceptors (Lipinski definition) is 4. The summed E-state index contributed by atoms with van der Waals surface area (Å²) in [5.41, 5.74) is 5.94. The van der Waals surface area contributed by atoms with Crippen molar-refractivity contribution < 1.29 is 9.53 Å². The Labute approximate surface area is 167 Å². The second kappa shape index (κ2) is 8.33. The first-order valence-corrected chi connectivity index (χ1v) is 10.1. The number of nitrogens with zero attached hydrogens (tertiary/aromatic N) is 2. The molecule has 1 fully saturated rings. The summed E-state index contributed by atoms with van der Waals surface area (Å²) in [6, 6.07) is 12.6. The van der Waals surface area contributed by atoms with Crippen molar-refractivity contribution in [3.63, 3.8) is 0 Å². The van der Waals surface area contributed by atoms with Crippen molar-refractivity contribution in [2.24, 2.45) is 0 Å². The van der Waals surface area contributed by atoms with E-state index < -0.39 is 0 Å². The van der Waals surface area contributed by atoms with Gasteiger partial charge in [-0.2, -0.15) is 0 Å². The van der Waals surface area contributed by atoms with E-state index in [2.05, 4.69) is 53.2 Å². The summed E-state index contributed by atoms with van der Waals surface area (Å²) in [5, 5.41) is 3.07. The van der Waals surface area contributed by atoms with E-state index in [0.29, 0.717) is 6.54 Å². The van der Waals surface area contributed by atoms with Crippen molar-refractivity contribution in [3.05, 3.63) is 58.7 Å². The van der Waals surface area contributed by atoms with E-state index in [-0.39, 0.29) is 5.91 Å². The number of nitrogens with one attached hydrogen (secondary N) is 1. The first-order valence-electron chi connectivity index (χ1n) is 10.1. The number of carbonyl (C=O) groups excluding carboxylic acids is 1. The molecule has 0 aromatic heterocycles. The topological polar surface area (TPSA) is 44.8 Å². The maximum absolute atomic E-state index is 12.4. The number of aryl methyl sites for hydroxylation is 1. The highest BCUT2D eigenvalue weighted by atomic mass is 16.5. The van der Waals surface area contributed by atoms with Crippen LogP contribution < -0.4 is 10.1 Å². The smallest absolute Gasteiger partial charge is 0.238 e. The van der Waals surface area contributed by atoms with E-state index in [9.17, 15) is 4.79 Å². The SMILES string of the molecule is Cc1cccc(NC(=O)CN2CCN(Cc3ccc4c(c3)CCO4)CC2)c1C. The van der Waals surface area contributed by atoms with E-state index in [1.807, 2.05) is 12.1 Å². The largest absolute Gasteiger partial charge is 0.493 e. The number of piperazine rings is 1. The minimum Gasteiger partial charge on any atom is -0.493 e. The third-order valence-electron chi connectivity index (χ3n) is 5.87. The number of carbonyl (C=O) groups is 1. The number of benzene rings is 2. The summed E-state index contributed by atoms with van der Waals surface area (Å²) in [5.74, 6) is 1.12. The van der Waals surface area contributed by atoms with Gasteiger partial charge in [0, 0.05) is 44.8 Å². The fourth-order valence-corrected chi connectivity index (χ4v) is 3.98. The number of fused-ring (bicyclic) bond motifs is 1. The Bertz CT molecular complexity index is 857. The minimum atomic E-state index is 0.0702. The van der Waals surface area contributed by atoms with Crippen molar-refractivity contribution in [1.82, 2.24) is 9.80 Å². The Kier molecular flexibility index (Phi) is 5.64. The summed E-state index contributed by atoms with van der Waals surface area (Å²) in [7, 11) is 0. The van der Waals surface area contributed by atoms with E-state index >= 15 is 0 Å². The van der Waals surface area contributed by atoms with Gasteiger partial charge in [0.15, 0.2) is 0 Å².